The predicted molar refractivity (Wildman–Crippen MR) is 323 cm³/mol. The molecule has 8 fully saturated rings. The molecule has 41 atom stereocenters. The zero-order chi connectivity index (χ0) is 76.8. The average molecular weight is 1520 g/mol. The van der Waals surface area contributed by atoms with Gasteiger partial charge in [0.25, 0.3) is 6.47 Å². The molecule has 45 heteroatoms. The highest BCUT2D eigenvalue weighted by Gasteiger charge is 2.61. The van der Waals surface area contributed by atoms with E-state index in [2.05, 4.69) is 16.0 Å². The van der Waals surface area contributed by atoms with Gasteiger partial charge in [0.05, 0.1) is 83.6 Å². The Hall–Kier alpha value is -3.60. The van der Waals surface area contributed by atoms with Gasteiger partial charge in [0.2, 0.25) is 17.7 Å². The first-order valence-electron chi connectivity index (χ1n) is 33.4. The Balaban J connectivity index is 1.06. The molecule has 8 saturated heterocycles. The lowest BCUT2D eigenvalue weighted by Crippen LogP contribution is -2.70. The molecule has 0 radical (unpaired) electrons. The molecule has 0 aromatic heterocycles. The van der Waals surface area contributed by atoms with E-state index in [1.807, 2.05) is 0 Å². The van der Waals surface area contributed by atoms with E-state index in [4.69, 9.17) is 75.8 Å². The van der Waals surface area contributed by atoms with Crippen molar-refractivity contribution >= 4 is 24.2 Å². The maximum atomic E-state index is 13.0. The highest BCUT2D eigenvalue weighted by atomic mass is 16.9. The number of hydrogen-bond donors (Lipinski definition) is 25. The minimum Gasteiger partial charge on any atom is -0.410 e. The fraction of sp³-hybridized carbons (Fsp3) is 0.932. The molecule has 8 heterocycles. The summed E-state index contributed by atoms with van der Waals surface area (Å²) in [7, 11) is 0. The summed E-state index contributed by atoms with van der Waals surface area (Å²) in [5.74, 6) is -6.32. The summed E-state index contributed by atoms with van der Waals surface area (Å²) >= 11 is 0. The quantitative estimate of drug-likeness (QED) is 0.0244. The third-order valence-electron chi connectivity index (χ3n) is 19.3. The van der Waals surface area contributed by atoms with Gasteiger partial charge < -0.3 is 204 Å². The van der Waals surface area contributed by atoms with Crippen molar-refractivity contribution in [1.82, 2.24) is 16.0 Å². The summed E-state index contributed by atoms with van der Waals surface area (Å²) in [4.78, 5) is 49.9. The number of carbonyl (C=O) groups excluding carboxylic acids is 4. The average Bonchev–Trinajstić information content (AvgIpc) is 0.762. The molecule has 18 unspecified atom stereocenters. The Morgan fingerprint density at radius 2 is 0.817 bits per heavy atom. The molecule has 0 aromatic rings. The van der Waals surface area contributed by atoms with Crippen LogP contribution in [0.15, 0.2) is 0 Å². The van der Waals surface area contributed by atoms with Crippen molar-refractivity contribution in [3.8, 4) is 0 Å². The number of rotatable bonds is 29. The zero-order valence-electron chi connectivity index (χ0n) is 56.5. The lowest BCUT2D eigenvalue weighted by atomic mass is 9.87. The molecule has 25 N–H and O–H groups in total. The van der Waals surface area contributed by atoms with E-state index in [1.54, 1.807) is 0 Å². The lowest BCUT2D eigenvalue weighted by molar-refractivity contribution is -0.448. The van der Waals surface area contributed by atoms with E-state index in [9.17, 15) is 132 Å². The third-order valence-corrected chi connectivity index (χ3v) is 19.3. The SMILES string of the molecule is CC(=O)NC1C(OC2[C@@H](OCC3O[C@@H](O[C@@H]4C(CO)O[C@@H](O[C@@H]5C(CO)O[C@@H](C)C(NC(C)=O)[C@H]5O)C(NC(C)=O)[C@H]4O)C(O)[C@@H](O[C@H]4OC(CO)[C@@H](O)C(O)C4O)[C@@H]3O)OC(CO)[C@@H](O)[C@@H]2O)O[C@@H](CO)[C@@H](O[C@@H]2OC(CO)[C@H](O)[C@H](O[C@]3(OC=O)C[C@@H](O)[C@@H](C)C(C(O)[C@H](O)CO)O3)C2O)C1O. The highest BCUT2D eigenvalue weighted by molar-refractivity contribution is 5.74. The van der Waals surface area contributed by atoms with Crippen LogP contribution in [0.25, 0.3) is 0 Å². The van der Waals surface area contributed by atoms with Gasteiger partial charge in [-0.3, -0.25) is 19.2 Å². The molecule has 3 amide bonds. The van der Waals surface area contributed by atoms with Crippen molar-refractivity contribution in [2.24, 2.45) is 5.92 Å². The largest absolute Gasteiger partial charge is 0.410 e. The highest BCUT2D eigenvalue weighted by Crippen LogP contribution is 2.42. The minimum absolute atomic E-state index is 0.231. The monoisotopic (exact) mass is 1520 g/mol. The number of nitrogens with one attached hydrogen (secondary N) is 3. The molecular formula is C59H99N3O42. The number of ether oxygens (including phenoxy) is 16. The van der Waals surface area contributed by atoms with Crippen LogP contribution in [0.4, 0.5) is 0 Å². The molecule has 8 rings (SSSR count). The minimum atomic E-state index is -2.83. The first-order valence-corrected chi connectivity index (χ1v) is 33.4. The van der Waals surface area contributed by atoms with Crippen molar-refractivity contribution in [2.45, 2.75) is 286 Å². The van der Waals surface area contributed by atoms with Gasteiger partial charge in [-0.25, -0.2) is 0 Å². The lowest BCUT2D eigenvalue weighted by Gasteiger charge is -2.51. The standard InChI is InChI=1S/C59H99N3O42/c1-16-21(74)6-59(90-15-70,103-46(16)33(76)22(75)7-63)104-51-36(79)25(10-66)93-57(45(51)88)100-49-28(13-69)96-54(32(40(49)83)62-20(5)73)102-52-42(85)35(78)24(9-65)94-58(52)89-14-29-37(80)50(101-55-43(86)41(84)34(77)23(8-64)92-55)44(87)56(97-29)99-48-27(12-68)95-53(31(39(48)82)61-19(4)72)98-47-26(11-67)91-17(2)30(38(47)81)60-18(3)71/h15-17,21-58,63-69,74-88H,6-14H2,1-5H3,(H,60,71)(H,61,72)(H,62,73)/t16-,17+,21-,22-,23?,24?,25?,26?,27?,28+,29?,30?,31?,32?,33?,34-,35-,36+,37-,38-,39-,40?,41?,42+,43?,44?,45?,46?,47-,48-,49-,50+,51+,52?,53+,54?,55-,56+,57+,58+,59+/m1/s1. The van der Waals surface area contributed by atoms with Gasteiger partial charge in [-0.15, -0.1) is 0 Å². The molecule has 0 aliphatic carbocycles. The van der Waals surface area contributed by atoms with Crippen LogP contribution in [0, 0.1) is 5.92 Å². The Morgan fingerprint density at radius 3 is 1.30 bits per heavy atom. The smallest absolute Gasteiger partial charge is 0.332 e. The molecule has 0 aromatic carbocycles. The predicted octanol–water partition coefficient (Wildman–Crippen LogP) is -16.4. The van der Waals surface area contributed by atoms with Gasteiger partial charge in [0.15, 0.2) is 37.7 Å². The molecule has 602 valence electrons. The molecule has 104 heavy (non-hydrogen) atoms. The summed E-state index contributed by atoms with van der Waals surface area (Å²) in [6, 6.07) is -4.89. The zero-order valence-corrected chi connectivity index (χ0v) is 56.5. The molecule has 8 aliphatic rings. The summed E-state index contributed by atoms with van der Waals surface area (Å²) in [5, 5.41) is 251. The molecule has 8 aliphatic heterocycles. The molecular weight excluding hydrogens is 1420 g/mol. The van der Waals surface area contributed by atoms with E-state index in [1.165, 1.54) is 13.8 Å². The summed E-state index contributed by atoms with van der Waals surface area (Å²) in [6.45, 7) is -2.68. The van der Waals surface area contributed by atoms with Gasteiger partial charge in [0, 0.05) is 26.7 Å². The maximum Gasteiger partial charge on any atom is 0.332 e. The number of carbonyl (C=O) groups is 4. The fourth-order valence-electron chi connectivity index (χ4n) is 13.7. The van der Waals surface area contributed by atoms with E-state index in [-0.39, 0.29) is 6.47 Å². The first kappa shape index (κ1) is 86.0. The van der Waals surface area contributed by atoms with E-state index in [0.717, 1.165) is 20.8 Å². The second kappa shape index (κ2) is 37.4. The maximum absolute atomic E-state index is 13.0. The number of aliphatic hydroxyl groups excluding tert-OH is 22. The normalized spacial score (nSPS) is 47.9. The number of hydrogen-bond acceptors (Lipinski definition) is 42. The second-order valence-corrected chi connectivity index (χ2v) is 26.6. The van der Waals surface area contributed by atoms with Crippen molar-refractivity contribution in [1.29, 1.82) is 0 Å². The van der Waals surface area contributed by atoms with Gasteiger partial charge in [-0.1, -0.05) is 6.92 Å². The van der Waals surface area contributed by atoms with Gasteiger partial charge in [-0.2, -0.15) is 0 Å². The van der Waals surface area contributed by atoms with Crippen molar-refractivity contribution in [2.75, 3.05) is 52.9 Å². The van der Waals surface area contributed by atoms with Crippen LogP contribution in [0.1, 0.15) is 41.0 Å². The first-order chi connectivity index (χ1) is 49.2. The van der Waals surface area contributed by atoms with Crippen molar-refractivity contribution < 1.29 is 207 Å². The summed E-state index contributed by atoms with van der Waals surface area (Å²) in [6.07, 6.45) is -72.0. The topological polar surface area (TPSA) is 697 Å². The van der Waals surface area contributed by atoms with E-state index >= 15 is 0 Å². The van der Waals surface area contributed by atoms with E-state index in [0.29, 0.717) is 0 Å². The number of aliphatic hydroxyl groups is 22. The van der Waals surface area contributed by atoms with Crippen LogP contribution in [-0.2, 0) is 95.0 Å². The molecule has 0 saturated carbocycles. The third kappa shape index (κ3) is 18.9. The Bertz CT molecular complexity index is 2710. The Labute approximate surface area is 590 Å². The summed E-state index contributed by atoms with van der Waals surface area (Å²) < 4.78 is 94.0. The molecule has 45 nitrogen and oxygen atoms in total. The van der Waals surface area contributed by atoms with Crippen LogP contribution < -0.4 is 16.0 Å². The van der Waals surface area contributed by atoms with Crippen LogP contribution in [-0.4, -0.2) is 434 Å². The van der Waals surface area contributed by atoms with Crippen LogP contribution >= 0.6 is 0 Å². The van der Waals surface area contributed by atoms with Gasteiger partial charge in [-0.05, 0) is 6.92 Å². The van der Waals surface area contributed by atoms with Gasteiger partial charge in [0.1, 0.15) is 177 Å². The van der Waals surface area contributed by atoms with Gasteiger partial charge >= 0.3 is 5.97 Å². The number of amides is 3. The second-order valence-electron chi connectivity index (χ2n) is 26.6. The van der Waals surface area contributed by atoms with Crippen molar-refractivity contribution in [3.63, 3.8) is 0 Å². The summed E-state index contributed by atoms with van der Waals surface area (Å²) in [5.41, 5.74) is 0. The Kier molecular flexibility index (Phi) is 30.9. The van der Waals surface area contributed by atoms with Crippen LogP contribution in [0.3, 0.4) is 0 Å². The van der Waals surface area contributed by atoms with Crippen molar-refractivity contribution in [3.05, 3.63) is 0 Å². The van der Waals surface area contributed by atoms with Crippen LogP contribution in [0.2, 0.25) is 0 Å². The molecule has 0 spiro atoms. The van der Waals surface area contributed by atoms with Crippen LogP contribution in [0.5, 0.6) is 0 Å². The fourth-order valence-corrected chi connectivity index (χ4v) is 13.7. The molecule has 0 bridgehead atoms. The van der Waals surface area contributed by atoms with E-state index < -0.39 is 328 Å². The Morgan fingerprint density at radius 1 is 0.433 bits per heavy atom.